The van der Waals surface area contributed by atoms with Crippen LogP contribution in [0.25, 0.3) is 0 Å². The summed E-state index contributed by atoms with van der Waals surface area (Å²) in [5, 5.41) is 3.91. The predicted molar refractivity (Wildman–Crippen MR) is 109 cm³/mol. The van der Waals surface area contributed by atoms with E-state index >= 15 is 0 Å². The van der Waals surface area contributed by atoms with Crippen LogP contribution >= 0.6 is 23.4 Å². The maximum atomic E-state index is 6.43. The fourth-order valence-electron chi connectivity index (χ4n) is 2.60. The number of nitrogens with zero attached hydrogens (tertiary/aromatic N) is 2. The van der Waals surface area contributed by atoms with Crippen molar-refractivity contribution in [1.29, 1.82) is 0 Å². The Labute approximate surface area is 157 Å². The molecule has 1 aliphatic heterocycles. The van der Waals surface area contributed by atoms with E-state index in [0.29, 0.717) is 11.6 Å². The average Bonchev–Trinajstić information content (AvgIpc) is 2.80. The number of thioether (sulfide) groups is 1. The van der Waals surface area contributed by atoms with Gasteiger partial charge in [0.2, 0.25) is 0 Å². The second-order valence-electron chi connectivity index (χ2n) is 5.62. The summed E-state index contributed by atoms with van der Waals surface area (Å²) in [6, 6.07) is 13.8. The Bertz CT molecular complexity index is 896. The Hall–Kier alpha value is -2.22. The standard InChI is InChI=1S/C20H18ClN3S/c1-4-13(2)23-19-12-22-20(15-7-5-6-8-17(15)21)16-11-14(25-3)9-10-18(16)24-19/h1,5-11,13H,12H2,2-3H3,(H,23,24). The largest absolute Gasteiger partial charge is 0.359 e. The van der Waals surface area contributed by atoms with Crippen LogP contribution in [0.4, 0.5) is 5.69 Å². The zero-order chi connectivity index (χ0) is 17.8. The van der Waals surface area contributed by atoms with Crippen molar-refractivity contribution in [2.45, 2.75) is 17.9 Å². The molecule has 2 aromatic rings. The smallest absolute Gasteiger partial charge is 0.125 e. The molecule has 1 heterocycles. The van der Waals surface area contributed by atoms with Crippen molar-refractivity contribution in [3.8, 4) is 12.3 Å². The van der Waals surface area contributed by atoms with Crippen LogP contribution in [0, 0.1) is 12.3 Å². The van der Waals surface area contributed by atoms with E-state index in [1.165, 1.54) is 0 Å². The molecule has 0 bridgehead atoms. The second kappa shape index (κ2) is 7.77. The summed E-state index contributed by atoms with van der Waals surface area (Å²) in [6.07, 6.45) is 7.53. The highest BCUT2D eigenvalue weighted by Crippen LogP contribution is 2.31. The zero-order valence-corrected chi connectivity index (χ0v) is 15.7. The monoisotopic (exact) mass is 367 g/mol. The van der Waals surface area contributed by atoms with Gasteiger partial charge in [-0.15, -0.1) is 18.2 Å². The number of benzene rings is 2. The molecular weight excluding hydrogens is 350 g/mol. The normalized spacial score (nSPS) is 14.5. The molecule has 3 rings (SSSR count). The van der Waals surface area contributed by atoms with Crippen molar-refractivity contribution >= 4 is 40.6 Å². The number of hydrogen-bond acceptors (Lipinski definition) is 4. The van der Waals surface area contributed by atoms with Crippen LogP contribution < -0.4 is 5.32 Å². The number of rotatable bonds is 3. The van der Waals surface area contributed by atoms with E-state index in [2.05, 4.69) is 29.6 Å². The minimum atomic E-state index is -0.107. The van der Waals surface area contributed by atoms with E-state index in [9.17, 15) is 0 Å². The Morgan fingerprint density at radius 3 is 2.76 bits per heavy atom. The highest BCUT2D eigenvalue weighted by atomic mass is 35.5. The molecular formula is C20H18ClN3S. The molecule has 1 atom stereocenters. The van der Waals surface area contributed by atoms with E-state index in [1.54, 1.807) is 11.8 Å². The van der Waals surface area contributed by atoms with Gasteiger partial charge in [0.05, 0.1) is 24.0 Å². The van der Waals surface area contributed by atoms with Gasteiger partial charge in [0.15, 0.2) is 0 Å². The number of aliphatic imine (C=N–C) groups is 2. The van der Waals surface area contributed by atoms with Crippen molar-refractivity contribution in [1.82, 2.24) is 5.32 Å². The van der Waals surface area contributed by atoms with Gasteiger partial charge in [0, 0.05) is 21.0 Å². The first kappa shape index (κ1) is 17.6. The first-order valence-electron chi connectivity index (χ1n) is 7.90. The van der Waals surface area contributed by atoms with Crippen LogP contribution in [0.15, 0.2) is 57.3 Å². The molecule has 0 saturated carbocycles. The van der Waals surface area contributed by atoms with Crippen LogP contribution in [0.3, 0.4) is 0 Å². The van der Waals surface area contributed by atoms with Gasteiger partial charge in [-0.1, -0.05) is 35.7 Å². The molecule has 126 valence electrons. The lowest BCUT2D eigenvalue weighted by Gasteiger charge is -2.11. The Morgan fingerprint density at radius 1 is 1.24 bits per heavy atom. The molecule has 1 N–H and O–H groups in total. The summed E-state index contributed by atoms with van der Waals surface area (Å²) in [7, 11) is 0. The average molecular weight is 368 g/mol. The highest BCUT2D eigenvalue weighted by molar-refractivity contribution is 7.98. The van der Waals surface area contributed by atoms with Gasteiger partial charge in [0.25, 0.3) is 0 Å². The van der Waals surface area contributed by atoms with Crippen molar-refractivity contribution in [2.75, 3.05) is 12.8 Å². The fourth-order valence-corrected chi connectivity index (χ4v) is 3.27. The maximum absolute atomic E-state index is 6.43. The summed E-state index contributed by atoms with van der Waals surface area (Å²) in [4.78, 5) is 10.7. The van der Waals surface area contributed by atoms with Gasteiger partial charge >= 0.3 is 0 Å². The van der Waals surface area contributed by atoms with Crippen LogP contribution in [-0.2, 0) is 0 Å². The van der Waals surface area contributed by atoms with E-state index in [1.807, 2.05) is 37.3 Å². The summed E-state index contributed by atoms with van der Waals surface area (Å²) >= 11 is 8.11. The van der Waals surface area contributed by atoms with Gasteiger partial charge in [0.1, 0.15) is 5.84 Å². The second-order valence-corrected chi connectivity index (χ2v) is 6.91. The molecule has 1 unspecified atom stereocenters. The minimum absolute atomic E-state index is 0.107. The zero-order valence-electron chi connectivity index (χ0n) is 14.1. The van der Waals surface area contributed by atoms with E-state index in [-0.39, 0.29) is 6.04 Å². The predicted octanol–water partition coefficient (Wildman–Crippen LogP) is 4.55. The van der Waals surface area contributed by atoms with Crippen molar-refractivity contribution in [3.05, 3.63) is 58.6 Å². The molecule has 2 aromatic carbocycles. The molecule has 0 fully saturated rings. The quantitative estimate of drug-likeness (QED) is 0.638. The Kier molecular flexibility index (Phi) is 5.47. The molecule has 3 nitrogen and oxygen atoms in total. The molecule has 0 saturated heterocycles. The van der Waals surface area contributed by atoms with Crippen LogP contribution in [0.5, 0.6) is 0 Å². The van der Waals surface area contributed by atoms with Gasteiger partial charge < -0.3 is 5.32 Å². The summed E-state index contributed by atoms with van der Waals surface area (Å²) in [6.45, 7) is 2.35. The molecule has 5 heteroatoms. The van der Waals surface area contributed by atoms with Gasteiger partial charge in [-0.05, 0) is 37.4 Å². The SMILES string of the molecule is C#CC(C)NC1=Nc2ccc(SC)cc2C(c2ccccc2Cl)=NC1. The third-order valence-electron chi connectivity index (χ3n) is 3.86. The first-order chi connectivity index (χ1) is 12.1. The lowest BCUT2D eigenvalue weighted by molar-refractivity contribution is 0.820. The topological polar surface area (TPSA) is 36.8 Å². The molecule has 0 aliphatic carbocycles. The lowest BCUT2D eigenvalue weighted by atomic mass is 10.0. The maximum Gasteiger partial charge on any atom is 0.125 e. The number of fused-ring (bicyclic) bond motifs is 1. The van der Waals surface area contributed by atoms with Crippen LogP contribution in [-0.4, -0.2) is 30.4 Å². The van der Waals surface area contributed by atoms with Gasteiger partial charge in [-0.2, -0.15) is 0 Å². The van der Waals surface area contributed by atoms with E-state index in [4.69, 9.17) is 28.0 Å². The third kappa shape index (κ3) is 3.89. The van der Waals surface area contributed by atoms with Gasteiger partial charge in [-0.3, -0.25) is 4.99 Å². The Balaban J connectivity index is 2.13. The summed E-state index contributed by atoms with van der Waals surface area (Å²) < 4.78 is 0. The summed E-state index contributed by atoms with van der Waals surface area (Å²) in [5.41, 5.74) is 3.60. The molecule has 1 aliphatic rings. The first-order valence-corrected chi connectivity index (χ1v) is 9.50. The summed E-state index contributed by atoms with van der Waals surface area (Å²) in [5.74, 6) is 3.42. The molecule has 0 spiro atoms. The van der Waals surface area contributed by atoms with Crippen LogP contribution in [0.1, 0.15) is 18.1 Å². The number of terminal acetylenes is 1. The number of halogens is 1. The fraction of sp³-hybridized carbons (Fsp3) is 0.200. The van der Waals surface area contributed by atoms with E-state index < -0.39 is 0 Å². The number of nitrogens with one attached hydrogen (secondary N) is 1. The highest BCUT2D eigenvalue weighted by Gasteiger charge is 2.19. The van der Waals surface area contributed by atoms with Crippen molar-refractivity contribution < 1.29 is 0 Å². The van der Waals surface area contributed by atoms with Crippen molar-refractivity contribution in [3.63, 3.8) is 0 Å². The number of hydrogen-bond donors (Lipinski definition) is 1. The molecule has 25 heavy (non-hydrogen) atoms. The molecule has 0 radical (unpaired) electrons. The minimum Gasteiger partial charge on any atom is -0.359 e. The van der Waals surface area contributed by atoms with E-state index in [0.717, 1.165) is 33.3 Å². The van der Waals surface area contributed by atoms with Crippen LogP contribution in [0.2, 0.25) is 5.02 Å². The molecule has 0 amide bonds. The Morgan fingerprint density at radius 2 is 2.04 bits per heavy atom. The third-order valence-corrected chi connectivity index (χ3v) is 4.92. The van der Waals surface area contributed by atoms with Gasteiger partial charge in [-0.25, -0.2) is 4.99 Å². The lowest BCUT2D eigenvalue weighted by Crippen LogP contribution is -2.33. The molecule has 0 aromatic heterocycles. The number of amidine groups is 1. The van der Waals surface area contributed by atoms with Crippen molar-refractivity contribution in [2.24, 2.45) is 9.98 Å².